The predicted octanol–water partition coefficient (Wildman–Crippen LogP) is 2.34. The molecule has 0 unspecified atom stereocenters. The van der Waals surface area contributed by atoms with Crippen molar-refractivity contribution >= 4 is 67.6 Å². The first-order valence-electron chi connectivity index (χ1n) is 8.42. The van der Waals surface area contributed by atoms with Crippen LogP contribution in [-0.2, 0) is 14.8 Å². The summed E-state index contributed by atoms with van der Waals surface area (Å²) in [4.78, 5) is 14.2. The molecular formula is C15H19Cl2N5O3S2. The lowest BCUT2D eigenvalue weighted by Crippen LogP contribution is -2.48. The van der Waals surface area contributed by atoms with Crippen LogP contribution >= 0.6 is 34.9 Å². The van der Waals surface area contributed by atoms with Crippen molar-refractivity contribution in [2.24, 2.45) is 0 Å². The number of halogens is 2. The van der Waals surface area contributed by atoms with Gasteiger partial charge in [-0.2, -0.15) is 8.75 Å². The normalized spacial score (nSPS) is 16.0. The van der Waals surface area contributed by atoms with Crippen LogP contribution in [0.5, 0.6) is 0 Å². The first kappa shape index (κ1) is 20.5. The lowest BCUT2D eigenvalue weighted by molar-refractivity contribution is -0.130. The Morgan fingerprint density at radius 1 is 1.26 bits per heavy atom. The van der Waals surface area contributed by atoms with Crippen LogP contribution in [0.3, 0.4) is 0 Å². The highest BCUT2D eigenvalue weighted by atomic mass is 35.5. The number of benzene rings is 1. The highest BCUT2D eigenvalue weighted by Crippen LogP contribution is 2.35. The number of nitrogens with one attached hydrogen (secondary N) is 2. The van der Waals surface area contributed by atoms with Crippen molar-refractivity contribution in [1.29, 1.82) is 0 Å². The lowest BCUT2D eigenvalue weighted by atomic mass is 10.1. The molecule has 1 aliphatic rings. The first-order valence-corrected chi connectivity index (χ1v) is 11.6. The molecule has 2 N–H and O–H groups in total. The highest BCUT2D eigenvalue weighted by molar-refractivity contribution is 7.89. The van der Waals surface area contributed by atoms with Crippen molar-refractivity contribution < 1.29 is 13.2 Å². The van der Waals surface area contributed by atoms with Gasteiger partial charge in [0.2, 0.25) is 15.9 Å². The summed E-state index contributed by atoms with van der Waals surface area (Å²) in [5, 5.41) is 3.83. The molecule has 1 aliphatic heterocycles. The number of nitrogens with zero attached hydrogens (tertiary/aromatic N) is 3. The van der Waals surface area contributed by atoms with Gasteiger partial charge in [0.15, 0.2) is 0 Å². The van der Waals surface area contributed by atoms with Gasteiger partial charge in [-0.3, -0.25) is 4.79 Å². The number of hydrogen-bond donors (Lipinski definition) is 2. The molecule has 1 aromatic carbocycles. The van der Waals surface area contributed by atoms with Crippen molar-refractivity contribution in [1.82, 2.24) is 18.4 Å². The molecule has 1 amide bonds. The van der Waals surface area contributed by atoms with Gasteiger partial charge < -0.3 is 10.2 Å². The molecule has 0 bridgehead atoms. The number of carbonyl (C=O) groups is 1. The largest absolute Gasteiger partial charge is 0.373 e. The number of anilines is 1. The fourth-order valence-electron chi connectivity index (χ4n) is 2.90. The molecule has 0 spiro atoms. The van der Waals surface area contributed by atoms with E-state index in [2.05, 4.69) is 18.8 Å². The number of amides is 1. The van der Waals surface area contributed by atoms with E-state index in [4.69, 9.17) is 23.2 Å². The van der Waals surface area contributed by atoms with Crippen LogP contribution in [-0.4, -0.2) is 59.4 Å². The first-order chi connectivity index (χ1) is 12.8. The van der Waals surface area contributed by atoms with Crippen molar-refractivity contribution in [2.45, 2.75) is 25.8 Å². The smallest absolute Gasteiger partial charge is 0.241 e. The number of likely N-dealkylation sites (tertiary alicyclic amines) is 1. The SMILES string of the molecule is CCS(=O)(=O)NC1CCN(C(=O)CNc2c(Cl)cc(Cl)c3nsnc23)CC1. The molecule has 0 saturated carbocycles. The zero-order valence-corrected chi connectivity index (χ0v) is 17.7. The number of hydrogen-bond acceptors (Lipinski definition) is 7. The minimum atomic E-state index is -3.23. The Morgan fingerprint density at radius 3 is 2.59 bits per heavy atom. The molecule has 1 aromatic heterocycles. The number of fused-ring (bicyclic) bond motifs is 1. The summed E-state index contributed by atoms with van der Waals surface area (Å²) in [6.07, 6.45) is 1.18. The fraction of sp³-hybridized carbons (Fsp3) is 0.533. The van der Waals surface area contributed by atoms with E-state index in [1.807, 2.05) is 0 Å². The Hall–Kier alpha value is -1.20. The lowest BCUT2D eigenvalue weighted by Gasteiger charge is -2.32. The van der Waals surface area contributed by atoms with Gasteiger partial charge >= 0.3 is 0 Å². The van der Waals surface area contributed by atoms with Crippen LogP contribution in [0.4, 0.5) is 5.69 Å². The summed E-state index contributed by atoms with van der Waals surface area (Å²) in [6, 6.07) is 1.45. The standard InChI is InChI=1S/C15H19Cl2N5O3S2/c1-2-27(24,25)21-9-3-5-22(6-4-9)12(23)8-18-13-10(16)7-11(17)14-15(13)20-26-19-14/h7,9,18,21H,2-6,8H2,1H3. The Bertz CT molecular complexity index is 942. The van der Waals surface area contributed by atoms with Crippen LogP contribution in [0.15, 0.2) is 6.07 Å². The minimum Gasteiger partial charge on any atom is -0.373 e. The van der Waals surface area contributed by atoms with Crippen LogP contribution in [0, 0.1) is 0 Å². The number of aromatic nitrogens is 2. The van der Waals surface area contributed by atoms with Gasteiger partial charge in [0.05, 0.1) is 39.8 Å². The Kier molecular flexibility index (Phi) is 6.42. The summed E-state index contributed by atoms with van der Waals surface area (Å²) in [5.74, 6) is -0.0353. The maximum absolute atomic E-state index is 12.5. The molecule has 27 heavy (non-hydrogen) atoms. The summed E-state index contributed by atoms with van der Waals surface area (Å²) in [5.41, 5.74) is 1.62. The summed E-state index contributed by atoms with van der Waals surface area (Å²) in [6.45, 7) is 2.65. The summed E-state index contributed by atoms with van der Waals surface area (Å²) < 4.78 is 34.3. The molecule has 0 atom stereocenters. The minimum absolute atomic E-state index is 0.0534. The maximum Gasteiger partial charge on any atom is 0.241 e. The Balaban J connectivity index is 1.58. The zero-order valence-electron chi connectivity index (χ0n) is 14.5. The van der Waals surface area contributed by atoms with Gasteiger partial charge in [-0.05, 0) is 25.8 Å². The second-order valence-corrected chi connectivity index (χ2v) is 9.59. The van der Waals surface area contributed by atoms with E-state index in [1.54, 1.807) is 17.9 Å². The van der Waals surface area contributed by atoms with Crippen molar-refractivity contribution in [3.8, 4) is 0 Å². The topological polar surface area (TPSA) is 104 Å². The number of carbonyl (C=O) groups excluding carboxylic acids is 1. The average Bonchev–Trinajstić information content (AvgIpc) is 3.12. The molecule has 2 heterocycles. The molecule has 8 nitrogen and oxygen atoms in total. The van der Waals surface area contributed by atoms with Gasteiger partial charge in [0.25, 0.3) is 0 Å². The van der Waals surface area contributed by atoms with E-state index < -0.39 is 10.0 Å². The molecule has 1 fully saturated rings. The van der Waals surface area contributed by atoms with Gasteiger partial charge in [-0.25, -0.2) is 13.1 Å². The van der Waals surface area contributed by atoms with E-state index in [0.717, 1.165) is 11.7 Å². The molecule has 12 heteroatoms. The third-order valence-corrected chi connectivity index (χ3v) is 7.00. The quantitative estimate of drug-likeness (QED) is 0.697. The van der Waals surface area contributed by atoms with E-state index in [9.17, 15) is 13.2 Å². The molecule has 148 valence electrons. The van der Waals surface area contributed by atoms with Crippen LogP contribution in [0.1, 0.15) is 19.8 Å². The Labute approximate surface area is 171 Å². The van der Waals surface area contributed by atoms with Crippen LogP contribution in [0.2, 0.25) is 10.0 Å². The second-order valence-electron chi connectivity index (χ2n) is 6.21. The van der Waals surface area contributed by atoms with Gasteiger partial charge in [0.1, 0.15) is 11.0 Å². The van der Waals surface area contributed by atoms with Gasteiger partial charge in [-0.1, -0.05) is 23.2 Å². The summed E-state index contributed by atoms with van der Waals surface area (Å²) in [7, 11) is -3.23. The predicted molar refractivity (Wildman–Crippen MR) is 108 cm³/mol. The highest BCUT2D eigenvalue weighted by Gasteiger charge is 2.25. The van der Waals surface area contributed by atoms with Crippen molar-refractivity contribution in [3.05, 3.63) is 16.1 Å². The third-order valence-electron chi connectivity index (χ3n) is 4.43. The maximum atomic E-state index is 12.5. The number of rotatable bonds is 6. The molecule has 0 aliphatic carbocycles. The third kappa shape index (κ3) is 4.80. The fourth-order valence-corrected chi connectivity index (χ4v) is 4.99. The molecule has 2 aromatic rings. The van der Waals surface area contributed by atoms with Crippen LogP contribution < -0.4 is 10.0 Å². The van der Waals surface area contributed by atoms with E-state index >= 15 is 0 Å². The van der Waals surface area contributed by atoms with E-state index in [-0.39, 0.29) is 24.2 Å². The second kappa shape index (κ2) is 8.44. The van der Waals surface area contributed by atoms with Crippen molar-refractivity contribution in [2.75, 3.05) is 30.7 Å². The number of piperidine rings is 1. The zero-order chi connectivity index (χ0) is 19.6. The average molecular weight is 452 g/mol. The number of sulfonamides is 1. The van der Waals surface area contributed by atoms with Crippen LogP contribution in [0.25, 0.3) is 11.0 Å². The Morgan fingerprint density at radius 2 is 1.93 bits per heavy atom. The van der Waals surface area contributed by atoms with Crippen molar-refractivity contribution in [3.63, 3.8) is 0 Å². The van der Waals surface area contributed by atoms with E-state index in [1.165, 1.54) is 0 Å². The monoisotopic (exact) mass is 451 g/mol. The van der Waals surface area contributed by atoms with Gasteiger partial charge in [-0.15, -0.1) is 0 Å². The molecule has 3 rings (SSSR count). The molecule has 0 radical (unpaired) electrons. The van der Waals surface area contributed by atoms with E-state index in [0.29, 0.717) is 52.7 Å². The summed E-state index contributed by atoms with van der Waals surface area (Å²) >= 11 is 13.4. The molecular weight excluding hydrogens is 433 g/mol. The van der Waals surface area contributed by atoms with Gasteiger partial charge in [0, 0.05) is 19.1 Å². The molecule has 1 saturated heterocycles.